The third-order valence-corrected chi connectivity index (χ3v) is 6.83. The fraction of sp³-hybridized carbons (Fsp3) is 0.462. The molecule has 1 heterocycles. The predicted octanol–water partition coefficient (Wildman–Crippen LogP) is 3.92. The summed E-state index contributed by atoms with van der Waals surface area (Å²) in [5.41, 5.74) is 2.68. The SMILES string of the molecule is CCNC(=O)[C@]1(Cc2ccc(-c3ccccc3OC)cc2)CCN(C(=O)[C@@H]2C[C@H]2C)C1. The molecule has 0 radical (unpaired) electrons. The minimum Gasteiger partial charge on any atom is -0.496 e. The van der Waals surface area contributed by atoms with E-state index < -0.39 is 5.41 Å². The summed E-state index contributed by atoms with van der Waals surface area (Å²) in [6.45, 7) is 5.84. The van der Waals surface area contributed by atoms with Crippen molar-refractivity contribution in [2.45, 2.75) is 33.1 Å². The molecule has 31 heavy (non-hydrogen) atoms. The van der Waals surface area contributed by atoms with Crippen LogP contribution in [0.4, 0.5) is 0 Å². The van der Waals surface area contributed by atoms with E-state index in [2.05, 4.69) is 36.5 Å². The third kappa shape index (κ3) is 4.32. The van der Waals surface area contributed by atoms with Crippen LogP contribution in [-0.2, 0) is 16.0 Å². The number of carbonyl (C=O) groups is 2. The average molecular weight is 421 g/mol. The molecule has 1 saturated carbocycles. The summed E-state index contributed by atoms with van der Waals surface area (Å²) >= 11 is 0. The zero-order chi connectivity index (χ0) is 22.0. The smallest absolute Gasteiger partial charge is 0.228 e. The van der Waals surface area contributed by atoms with Crippen LogP contribution in [0, 0.1) is 17.3 Å². The zero-order valence-corrected chi connectivity index (χ0v) is 18.7. The van der Waals surface area contributed by atoms with Crippen molar-refractivity contribution in [3.8, 4) is 16.9 Å². The molecular weight excluding hydrogens is 388 g/mol. The molecule has 164 valence electrons. The second-order valence-electron chi connectivity index (χ2n) is 9.04. The second kappa shape index (κ2) is 8.74. The van der Waals surface area contributed by atoms with Gasteiger partial charge < -0.3 is 15.0 Å². The molecule has 5 nitrogen and oxygen atoms in total. The van der Waals surface area contributed by atoms with E-state index in [1.807, 2.05) is 36.1 Å². The molecule has 2 fully saturated rings. The molecule has 1 aliphatic heterocycles. The van der Waals surface area contributed by atoms with Crippen LogP contribution in [0.5, 0.6) is 5.75 Å². The number of para-hydroxylation sites is 1. The van der Waals surface area contributed by atoms with E-state index in [1.165, 1.54) is 0 Å². The van der Waals surface area contributed by atoms with Crippen molar-refractivity contribution in [1.82, 2.24) is 10.2 Å². The van der Waals surface area contributed by atoms with Crippen molar-refractivity contribution in [3.63, 3.8) is 0 Å². The van der Waals surface area contributed by atoms with Crippen LogP contribution in [-0.4, -0.2) is 43.5 Å². The van der Waals surface area contributed by atoms with Crippen molar-refractivity contribution in [3.05, 3.63) is 54.1 Å². The van der Waals surface area contributed by atoms with Crippen LogP contribution >= 0.6 is 0 Å². The first-order chi connectivity index (χ1) is 15.0. The lowest BCUT2D eigenvalue weighted by Crippen LogP contribution is -2.45. The number of carbonyl (C=O) groups excluding carboxylic acids is 2. The van der Waals surface area contributed by atoms with E-state index in [1.54, 1.807) is 7.11 Å². The quantitative estimate of drug-likeness (QED) is 0.739. The highest BCUT2D eigenvalue weighted by Gasteiger charge is 2.49. The second-order valence-corrected chi connectivity index (χ2v) is 9.04. The van der Waals surface area contributed by atoms with Crippen LogP contribution in [0.2, 0.25) is 0 Å². The molecule has 2 aliphatic rings. The van der Waals surface area contributed by atoms with Crippen molar-refractivity contribution in [2.75, 3.05) is 26.7 Å². The molecule has 1 saturated heterocycles. The number of nitrogens with one attached hydrogen (secondary N) is 1. The predicted molar refractivity (Wildman–Crippen MR) is 122 cm³/mol. The summed E-state index contributed by atoms with van der Waals surface area (Å²) in [7, 11) is 1.68. The van der Waals surface area contributed by atoms with Gasteiger partial charge in [-0.15, -0.1) is 0 Å². The molecule has 0 unspecified atom stereocenters. The molecule has 0 spiro atoms. The fourth-order valence-electron chi connectivity index (χ4n) is 4.80. The lowest BCUT2D eigenvalue weighted by atomic mass is 9.79. The Morgan fingerprint density at radius 1 is 1.16 bits per heavy atom. The van der Waals surface area contributed by atoms with Gasteiger partial charge in [-0.25, -0.2) is 0 Å². The Balaban J connectivity index is 1.54. The molecule has 2 amide bonds. The van der Waals surface area contributed by atoms with Gasteiger partial charge in [0.15, 0.2) is 0 Å². The van der Waals surface area contributed by atoms with Crippen LogP contribution < -0.4 is 10.1 Å². The Bertz CT molecular complexity index is 955. The Hall–Kier alpha value is -2.82. The minimum atomic E-state index is -0.560. The number of likely N-dealkylation sites (tertiary alicyclic amines) is 1. The van der Waals surface area contributed by atoms with Gasteiger partial charge in [-0.05, 0) is 49.3 Å². The Kier molecular flexibility index (Phi) is 6.03. The number of amides is 2. The maximum Gasteiger partial charge on any atom is 0.228 e. The molecule has 1 aliphatic carbocycles. The lowest BCUT2D eigenvalue weighted by molar-refractivity contribution is -0.134. The largest absolute Gasteiger partial charge is 0.496 e. The zero-order valence-electron chi connectivity index (χ0n) is 18.7. The topological polar surface area (TPSA) is 58.6 Å². The first-order valence-corrected chi connectivity index (χ1v) is 11.3. The van der Waals surface area contributed by atoms with E-state index in [0.29, 0.717) is 38.4 Å². The number of hydrogen-bond donors (Lipinski definition) is 1. The van der Waals surface area contributed by atoms with Gasteiger partial charge in [0, 0.05) is 31.1 Å². The number of benzene rings is 2. The summed E-state index contributed by atoms with van der Waals surface area (Å²) in [6, 6.07) is 16.3. The monoisotopic (exact) mass is 420 g/mol. The van der Waals surface area contributed by atoms with Crippen molar-refractivity contribution in [2.24, 2.45) is 17.3 Å². The number of hydrogen-bond acceptors (Lipinski definition) is 3. The van der Waals surface area contributed by atoms with Gasteiger partial charge >= 0.3 is 0 Å². The Morgan fingerprint density at radius 2 is 1.87 bits per heavy atom. The molecule has 0 aromatic heterocycles. The summed E-state index contributed by atoms with van der Waals surface area (Å²) in [5, 5.41) is 3.02. The highest BCUT2D eigenvalue weighted by Crippen LogP contribution is 2.42. The summed E-state index contributed by atoms with van der Waals surface area (Å²) in [4.78, 5) is 27.8. The molecule has 3 atom stereocenters. The summed E-state index contributed by atoms with van der Waals surface area (Å²) in [5.74, 6) is 1.76. The van der Waals surface area contributed by atoms with Crippen LogP contribution in [0.15, 0.2) is 48.5 Å². The molecule has 0 bridgehead atoms. The summed E-state index contributed by atoms with van der Waals surface area (Å²) < 4.78 is 5.49. The number of nitrogens with zero attached hydrogens (tertiary/aromatic N) is 1. The van der Waals surface area contributed by atoms with Crippen LogP contribution in [0.3, 0.4) is 0 Å². The Labute approximate surface area is 184 Å². The van der Waals surface area contributed by atoms with Gasteiger partial charge in [0.25, 0.3) is 0 Å². The molecule has 1 N–H and O–H groups in total. The van der Waals surface area contributed by atoms with Gasteiger partial charge in [-0.1, -0.05) is 49.4 Å². The molecule has 5 heteroatoms. The summed E-state index contributed by atoms with van der Waals surface area (Å²) in [6.07, 6.45) is 2.32. The molecule has 4 rings (SSSR count). The normalized spacial score (nSPS) is 24.7. The lowest BCUT2D eigenvalue weighted by Gasteiger charge is -2.28. The molecular formula is C26H32N2O3. The van der Waals surface area contributed by atoms with E-state index in [9.17, 15) is 9.59 Å². The Morgan fingerprint density at radius 3 is 2.52 bits per heavy atom. The van der Waals surface area contributed by atoms with E-state index in [-0.39, 0.29) is 17.7 Å². The van der Waals surface area contributed by atoms with E-state index >= 15 is 0 Å². The number of rotatable bonds is 7. The number of ether oxygens (including phenoxy) is 1. The van der Waals surface area contributed by atoms with Crippen molar-refractivity contribution >= 4 is 11.8 Å². The standard InChI is InChI=1S/C26H32N2O3/c1-4-27-25(30)26(13-14-28(17-26)24(29)22-15-18(22)2)16-19-9-11-20(12-10-19)21-7-5-6-8-23(21)31-3/h5-12,18,22H,4,13-17H2,1-3H3,(H,27,30)/t18-,22-,26+/m1/s1. The maximum absolute atomic E-state index is 13.1. The van der Waals surface area contributed by atoms with Gasteiger partial charge in [-0.2, -0.15) is 0 Å². The highest BCUT2D eigenvalue weighted by atomic mass is 16.5. The molecule has 2 aromatic carbocycles. The molecule has 2 aromatic rings. The first kappa shape index (κ1) is 21.4. The van der Waals surface area contributed by atoms with Gasteiger partial charge in [0.2, 0.25) is 11.8 Å². The average Bonchev–Trinajstić information content (AvgIpc) is 3.36. The number of methoxy groups -OCH3 is 1. The van der Waals surface area contributed by atoms with Crippen molar-refractivity contribution < 1.29 is 14.3 Å². The van der Waals surface area contributed by atoms with Gasteiger partial charge in [0.1, 0.15) is 5.75 Å². The maximum atomic E-state index is 13.1. The third-order valence-electron chi connectivity index (χ3n) is 6.83. The fourth-order valence-corrected chi connectivity index (χ4v) is 4.80. The van der Waals surface area contributed by atoms with Gasteiger partial charge in [-0.3, -0.25) is 9.59 Å². The first-order valence-electron chi connectivity index (χ1n) is 11.3. The minimum absolute atomic E-state index is 0.0583. The van der Waals surface area contributed by atoms with E-state index in [0.717, 1.165) is 28.9 Å². The highest BCUT2D eigenvalue weighted by molar-refractivity contribution is 5.87. The van der Waals surface area contributed by atoms with Crippen molar-refractivity contribution in [1.29, 1.82) is 0 Å². The van der Waals surface area contributed by atoms with Crippen LogP contribution in [0.25, 0.3) is 11.1 Å². The van der Waals surface area contributed by atoms with Gasteiger partial charge in [0.05, 0.1) is 12.5 Å². The van der Waals surface area contributed by atoms with Crippen LogP contribution in [0.1, 0.15) is 32.3 Å². The van der Waals surface area contributed by atoms with E-state index in [4.69, 9.17) is 4.74 Å².